The first-order valence-electron chi connectivity index (χ1n) is 10.8. The summed E-state index contributed by atoms with van der Waals surface area (Å²) in [5, 5.41) is 13.8. The number of hydrogen-bond acceptors (Lipinski definition) is 4. The van der Waals surface area contributed by atoms with Crippen LogP contribution in [0.1, 0.15) is 36.8 Å². The van der Waals surface area contributed by atoms with Gasteiger partial charge in [-0.25, -0.2) is 4.58 Å². The minimum Gasteiger partial charge on any atom is -0.507 e. The normalized spacial score (nSPS) is 15.9. The standard InChI is InChI=1S/C26H26N2O3.Mo/c29-24-7-2-1-6-23(24)20-9-10-21-12-14-28(21)22(16-20)5-3-4-13-27-17-19-8-11-25-26(15-19)31-18-30-25;/h1-2,6-9,11,14-16,27,29H,3-5,10,13,17-18H2;. The number of phenolic OH excluding ortho intramolecular Hbond substituents is 1. The van der Waals surface area contributed by atoms with E-state index < -0.39 is 0 Å². The molecule has 32 heavy (non-hydrogen) atoms. The van der Waals surface area contributed by atoms with Gasteiger partial charge in [0.25, 0.3) is 0 Å². The third-order valence-electron chi connectivity index (χ3n) is 5.82. The molecule has 164 valence electrons. The smallest absolute Gasteiger partial charge is 0.231 e. The van der Waals surface area contributed by atoms with Crippen LogP contribution in [0.5, 0.6) is 17.2 Å². The predicted octanol–water partition coefficient (Wildman–Crippen LogP) is 4.53. The molecule has 0 fully saturated rings. The maximum absolute atomic E-state index is 10.3. The van der Waals surface area contributed by atoms with Gasteiger partial charge in [0, 0.05) is 64.0 Å². The Labute approximate surface area is 203 Å². The van der Waals surface area contributed by atoms with Gasteiger partial charge in [-0.1, -0.05) is 30.3 Å². The fourth-order valence-corrected chi connectivity index (χ4v) is 4.09. The zero-order valence-corrected chi connectivity index (χ0v) is 19.8. The van der Waals surface area contributed by atoms with E-state index >= 15 is 0 Å². The van der Waals surface area contributed by atoms with E-state index in [9.17, 15) is 5.11 Å². The van der Waals surface area contributed by atoms with Gasteiger partial charge in [-0.05, 0) is 48.7 Å². The van der Waals surface area contributed by atoms with Gasteiger partial charge in [0.1, 0.15) is 5.75 Å². The van der Waals surface area contributed by atoms with Crippen molar-refractivity contribution in [2.75, 3.05) is 13.3 Å². The van der Waals surface area contributed by atoms with Crippen LogP contribution in [0.4, 0.5) is 0 Å². The van der Waals surface area contributed by atoms with Crippen molar-refractivity contribution in [3.63, 3.8) is 0 Å². The predicted molar refractivity (Wildman–Crippen MR) is 120 cm³/mol. The number of hydrogen-bond donors (Lipinski definition) is 2. The first-order valence-corrected chi connectivity index (χ1v) is 10.8. The SMILES string of the molecule is Oc1ccccc1C1=CCC2=[C-]C=[N+]2C(CCCCNCc2ccc3c(c2)OCO3)=C1.[Mo]. The fraction of sp³-hybridized carbons (Fsp3) is 0.269. The van der Waals surface area contributed by atoms with E-state index in [0.29, 0.717) is 12.5 Å². The van der Waals surface area contributed by atoms with Crippen LogP contribution in [-0.2, 0) is 27.6 Å². The van der Waals surface area contributed by atoms with E-state index in [1.807, 2.05) is 36.5 Å². The first-order chi connectivity index (χ1) is 15.3. The zero-order chi connectivity index (χ0) is 21.0. The number of ether oxygens (including phenoxy) is 2. The molecule has 0 saturated carbocycles. The second-order valence-corrected chi connectivity index (χ2v) is 7.93. The number of nitrogens with one attached hydrogen (secondary N) is 1. The molecule has 0 spiro atoms. The molecule has 0 aromatic heterocycles. The number of para-hydroxylation sites is 1. The van der Waals surface area contributed by atoms with Crippen molar-refractivity contribution in [1.82, 2.24) is 5.32 Å². The van der Waals surface area contributed by atoms with Crippen LogP contribution >= 0.6 is 0 Å². The van der Waals surface area contributed by atoms with E-state index in [-0.39, 0.29) is 21.1 Å². The first kappa shape index (κ1) is 22.6. The van der Waals surface area contributed by atoms with Crippen LogP contribution in [0.25, 0.3) is 5.57 Å². The number of unbranched alkanes of at least 4 members (excludes halogenated alkanes) is 1. The van der Waals surface area contributed by atoms with E-state index in [0.717, 1.165) is 61.4 Å². The maximum Gasteiger partial charge on any atom is 0.231 e. The Morgan fingerprint density at radius 1 is 1.06 bits per heavy atom. The van der Waals surface area contributed by atoms with Crippen LogP contribution in [0.2, 0.25) is 0 Å². The number of phenols is 1. The molecule has 0 radical (unpaired) electrons. The van der Waals surface area contributed by atoms with E-state index in [2.05, 4.69) is 34.2 Å². The molecule has 0 saturated heterocycles. The Morgan fingerprint density at radius 2 is 1.94 bits per heavy atom. The molecule has 0 aliphatic carbocycles. The van der Waals surface area contributed by atoms with E-state index in [4.69, 9.17) is 9.47 Å². The summed E-state index contributed by atoms with van der Waals surface area (Å²) in [6, 6.07) is 13.6. The van der Waals surface area contributed by atoms with Crippen LogP contribution < -0.4 is 14.8 Å². The minimum atomic E-state index is 0. The quantitative estimate of drug-likeness (QED) is 0.237. The van der Waals surface area contributed by atoms with Crippen LogP contribution in [0.3, 0.4) is 0 Å². The molecule has 5 rings (SSSR count). The summed E-state index contributed by atoms with van der Waals surface area (Å²) in [5.41, 5.74) is 5.61. The number of fused-ring (bicyclic) bond motifs is 2. The number of rotatable bonds is 8. The topological polar surface area (TPSA) is 53.7 Å². The van der Waals surface area contributed by atoms with Crippen molar-refractivity contribution in [3.05, 3.63) is 83.2 Å². The Hall–Kier alpha value is -2.62. The van der Waals surface area contributed by atoms with Crippen molar-refractivity contribution < 1.29 is 40.2 Å². The van der Waals surface area contributed by atoms with Crippen molar-refractivity contribution in [2.45, 2.75) is 32.2 Å². The van der Waals surface area contributed by atoms with Gasteiger partial charge in [-0.2, -0.15) is 0 Å². The Balaban J connectivity index is 0.00000245. The summed E-state index contributed by atoms with van der Waals surface area (Å²) in [5.74, 6) is 1.98. The van der Waals surface area contributed by atoms with Crippen LogP contribution in [-0.4, -0.2) is 29.2 Å². The Bertz CT molecular complexity index is 1120. The molecule has 3 aliphatic heterocycles. The average molecular weight is 510 g/mol. The molecule has 6 heteroatoms. The third kappa shape index (κ3) is 4.90. The van der Waals surface area contributed by atoms with Gasteiger partial charge in [-0.15, -0.1) is 0 Å². The van der Waals surface area contributed by atoms with Crippen molar-refractivity contribution in [1.29, 1.82) is 0 Å². The molecule has 0 unspecified atom stereocenters. The molecule has 0 amide bonds. The number of benzene rings is 2. The van der Waals surface area contributed by atoms with Gasteiger partial charge in [0.05, 0.1) is 0 Å². The van der Waals surface area contributed by atoms with Crippen LogP contribution in [0, 0.1) is 6.08 Å². The molecule has 5 nitrogen and oxygen atoms in total. The monoisotopic (exact) mass is 512 g/mol. The number of nitrogens with zero attached hydrogens (tertiary/aromatic N) is 1. The molecule has 2 aromatic carbocycles. The van der Waals surface area contributed by atoms with Crippen molar-refractivity contribution >= 4 is 11.8 Å². The molecule has 3 aliphatic rings. The maximum atomic E-state index is 10.3. The van der Waals surface area contributed by atoms with Gasteiger partial charge in [-0.3, -0.25) is 0 Å². The summed E-state index contributed by atoms with van der Waals surface area (Å²) < 4.78 is 13.0. The number of aromatic hydroxyl groups is 1. The molecule has 0 bridgehead atoms. The number of allylic oxidation sites excluding steroid dienone is 5. The molecular weight excluding hydrogens is 484 g/mol. The summed E-state index contributed by atoms with van der Waals surface area (Å²) >= 11 is 0. The third-order valence-corrected chi connectivity index (χ3v) is 5.82. The molecule has 2 aromatic rings. The summed E-state index contributed by atoms with van der Waals surface area (Å²) in [6.45, 7) is 2.09. The second-order valence-electron chi connectivity index (χ2n) is 7.93. The largest absolute Gasteiger partial charge is 0.507 e. The van der Waals surface area contributed by atoms with E-state index in [1.54, 1.807) is 6.07 Å². The molecule has 3 heterocycles. The Kier molecular flexibility index (Phi) is 7.29. The average Bonchev–Trinajstić information content (AvgIpc) is 3.18. The van der Waals surface area contributed by atoms with Crippen molar-refractivity contribution in [2.24, 2.45) is 0 Å². The van der Waals surface area contributed by atoms with Crippen LogP contribution in [0.15, 0.2) is 66.0 Å². The summed E-state index contributed by atoms with van der Waals surface area (Å²) in [6.07, 6.45) is 13.7. The fourth-order valence-electron chi connectivity index (χ4n) is 4.09. The summed E-state index contributed by atoms with van der Waals surface area (Å²) in [4.78, 5) is 0. The summed E-state index contributed by atoms with van der Waals surface area (Å²) in [7, 11) is 0. The molecule has 2 N–H and O–H groups in total. The molecular formula is C26H26MoN2O3. The van der Waals surface area contributed by atoms with Crippen molar-refractivity contribution in [3.8, 4) is 17.2 Å². The van der Waals surface area contributed by atoms with Gasteiger partial charge in [0.2, 0.25) is 6.79 Å². The van der Waals surface area contributed by atoms with Gasteiger partial charge in [0.15, 0.2) is 17.2 Å². The molecule has 0 atom stereocenters. The van der Waals surface area contributed by atoms with Gasteiger partial charge >= 0.3 is 0 Å². The minimum absolute atomic E-state index is 0. The Morgan fingerprint density at radius 3 is 2.78 bits per heavy atom. The zero-order valence-electron chi connectivity index (χ0n) is 17.8. The van der Waals surface area contributed by atoms with Gasteiger partial charge < -0.3 is 26.0 Å². The second kappa shape index (κ2) is 10.3. The van der Waals surface area contributed by atoms with E-state index in [1.165, 1.54) is 17.0 Å².